The van der Waals surface area contributed by atoms with Crippen molar-refractivity contribution in [3.63, 3.8) is 0 Å². The summed E-state index contributed by atoms with van der Waals surface area (Å²) in [5, 5.41) is 3.15. The second kappa shape index (κ2) is 9.79. The Morgan fingerprint density at radius 3 is 2.81 bits per heavy atom. The molecule has 1 aliphatic heterocycles. The van der Waals surface area contributed by atoms with E-state index in [-0.39, 0.29) is 5.91 Å². The number of aromatic nitrogens is 2. The van der Waals surface area contributed by atoms with Gasteiger partial charge in [-0.15, -0.1) is 0 Å². The minimum atomic E-state index is -0.452. The minimum absolute atomic E-state index is 0.110. The van der Waals surface area contributed by atoms with Gasteiger partial charge in [0.1, 0.15) is 5.75 Å². The molecule has 0 spiro atoms. The van der Waals surface area contributed by atoms with Crippen LogP contribution >= 0.6 is 0 Å². The SMILES string of the molecule is COc1ccccc1-c1cccc(CC2(C(=O)NCCn3ccnc3)CCOCC2)c1. The second-order valence-electron chi connectivity index (χ2n) is 8.03. The van der Waals surface area contributed by atoms with Crippen LogP contribution in [0, 0.1) is 5.41 Å². The topological polar surface area (TPSA) is 65.4 Å². The molecule has 1 aliphatic rings. The molecule has 162 valence electrons. The molecule has 6 nitrogen and oxygen atoms in total. The van der Waals surface area contributed by atoms with Crippen LogP contribution in [0.4, 0.5) is 0 Å². The standard InChI is InChI=1S/C25H29N3O3/c1-30-23-8-3-2-7-22(23)21-6-4-5-20(17-21)18-25(9-15-31-16-10-25)24(29)27-12-14-28-13-11-26-19-28/h2-8,11,13,17,19H,9-10,12,14-16,18H2,1H3,(H,27,29). The summed E-state index contributed by atoms with van der Waals surface area (Å²) in [5.41, 5.74) is 2.84. The molecule has 4 rings (SSSR count). The van der Waals surface area contributed by atoms with Gasteiger partial charge in [-0.3, -0.25) is 4.79 Å². The maximum absolute atomic E-state index is 13.3. The van der Waals surface area contributed by atoms with Crippen molar-refractivity contribution in [1.29, 1.82) is 0 Å². The van der Waals surface area contributed by atoms with Crippen LogP contribution in [0.3, 0.4) is 0 Å². The van der Waals surface area contributed by atoms with Gasteiger partial charge in [-0.1, -0.05) is 42.5 Å². The lowest BCUT2D eigenvalue weighted by molar-refractivity contribution is -0.136. The molecule has 1 aromatic heterocycles. The van der Waals surface area contributed by atoms with E-state index in [0.29, 0.717) is 32.7 Å². The average molecular weight is 420 g/mol. The first-order valence-corrected chi connectivity index (χ1v) is 10.7. The van der Waals surface area contributed by atoms with E-state index < -0.39 is 5.41 Å². The Morgan fingerprint density at radius 1 is 1.19 bits per heavy atom. The zero-order chi connectivity index (χ0) is 21.5. The van der Waals surface area contributed by atoms with E-state index in [2.05, 4.69) is 40.6 Å². The zero-order valence-electron chi connectivity index (χ0n) is 17.9. The number of rotatable bonds is 8. The molecule has 2 heterocycles. The number of para-hydroxylation sites is 1. The number of hydrogen-bond acceptors (Lipinski definition) is 4. The van der Waals surface area contributed by atoms with Crippen molar-refractivity contribution in [1.82, 2.24) is 14.9 Å². The molecular formula is C25H29N3O3. The van der Waals surface area contributed by atoms with Gasteiger partial charge in [0.05, 0.1) is 18.9 Å². The summed E-state index contributed by atoms with van der Waals surface area (Å²) in [6, 6.07) is 16.4. The van der Waals surface area contributed by atoms with Gasteiger partial charge in [0, 0.05) is 44.3 Å². The van der Waals surface area contributed by atoms with Crippen molar-refractivity contribution in [3.8, 4) is 16.9 Å². The largest absolute Gasteiger partial charge is 0.496 e. The third-order valence-electron chi connectivity index (χ3n) is 6.03. The molecule has 3 aromatic rings. The van der Waals surface area contributed by atoms with E-state index in [0.717, 1.165) is 35.3 Å². The van der Waals surface area contributed by atoms with E-state index in [4.69, 9.17) is 9.47 Å². The lowest BCUT2D eigenvalue weighted by Gasteiger charge is -2.36. The van der Waals surface area contributed by atoms with Gasteiger partial charge in [-0.05, 0) is 36.5 Å². The summed E-state index contributed by atoms with van der Waals surface area (Å²) in [4.78, 5) is 17.3. The second-order valence-corrected chi connectivity index (χ2v) is 8.03. The van der Waals surface area contributed by atoms with Crippen molar-refractivity contribution in [2.45, 2.75) is 25.8 Å². The van der Waals surface area contributed by atoms with Gasteiger partial charge in [0.25, 0.3) is 0 Å². The summed E-state index contributed by atoms with van der Waals surface area (Å²) in [7, 11) is 1.69. The Balaban J connectivity index is 1.51. The fourth-order valence-electron chi connectivity index (χ4n) is 4.27. The van der Waals surface area contributed by atoms with E-state index in [1.54, 1.807) is 19.6 Å². The normalized spacial score (nSPS) is 15.4. The van der Waals surface area contributed by atoms with E-state index in [1.165, 1.54) is 0 Å². The number of nitrogens with one attached hydrogen (secondary N) is 1. The molecule has 31 heavy (non-hydrogen) atoms. The van der Waals surface area contributed by atoms with Crippen LogP contribution in [-0.2, 0) is 22.5 Å². The third kappa shape index (κ3) is 4.97. The van der Waals surface area contributed by atoms with Crippen LogP contribution < -0.4 is 10.1 Å². The summed E-state index contributed by atoms with van der Waals surface area (Å²) < 4.78 is 13.1. The van der Waals surface area contributed by atoms with Crippen LogP contribution in [-0.4, -0.2) is 42.3 Å². The lowest BCUT2D eigenvalue weighted by Crippen LogP contribution is -2.46. The van der Waals surface area contributed by atoms with Crippen molar-refractivity contribution in [2.24, 2.45) is 5.41 Å². The molecule has 1 N–H and O–H groups in total. The highest BCUT2D eigenvalue weighted by Gasteiger charge is 2.40. The molecule has 0 saturated carbocycles. The van der Waals surface area contributed by atoms with E-state index in [9.17, 15) is 4.79 Å². The number of amides is 1. The first kappa shape index (κ1) is 21.1. The molecule has 0 atom stereocenters. The van der Waals surface area contributed by atoms with Gasteiger partial charge in [-0.25, -0.2) is 4.98 Å². The Labute approximate surface area is 183 Å². The molecule has 6 heteroatoms. The number of methoxy groups -OCH3 is 1. The summed E-state index contributed by atoms with van der Waals surface area (Å²) >= 11 is 0. The molecular weight excluding hydrogens is 390 g/mol. The maximum Gasteiger partial charge on any atom is 0.226 e. The molecule has 2 aromatic carbocycles. The molecule has 0 radical (unpaired) electrons. The fourth-order valence-corrected chi connectivity index (χ4v) is 4.27. The first-order valence-electron chi connectivity index (χ1n) is 10.7. The van der Waals surface area contributed by atoms with Gasteiger partial charge >= 0.3 is 0 Å². The first-order chi connectivity index (χ1) is 15.2. The Bertz CT molecular complexity index is 995. The number of nitrogens with zero attached hydrogens (tertiary/aromatic N) is 2. The van der Waals surface area contributed by atoms with Gasteiger partial charge < -0.3 is 19.4 Å². The van der Waals surface area contributed by atoms with Crippen molar-refractivity contribution in [3.05, 3.63) is 72.8 Å². The number of carbonyl (C=O) groups is 1. The van der Waals surface area contributed by atoms with E-state index in [1.807, 2.05) is 29.0 Å². The molecule has 0 bridgehead atoms. The van der Waals surface area contributed by atoms with E-state index >= 15 is 0 Å². The van der Waals surface area contributed by atoms with Crippen LogP contribution in [0.25, 0.3) is 11.1 Å². The molecule has 0 unspecified atom stereocenters. The Kier molecular flexibility index (Phi) is 6.67. The van der Waals surface area contributed by atoms with Crippen LogP contribution in [0.2, 0.25) is 0 Å². The number of ether oxygens (including phenoxy) is 2. The monoisotopic (exact) mass is 419 g/mol. The van der Waals surface area contributed by atoms with Gasteiger partial charge in [-0.2, -0.15) is 0 Å². The van der Waals surface area contributed by atoms with Gasteiger partial charge in [0.2, 0.25) is 5.91 Å². The molecule has 1 amide bonds. The van der Waals surface area contributed by atoms with Crippen molar-refractivity contribution >= 4 is 5.91 Å². The zero-order valence-corrected chi connectivity index (χ0v) is 17.9. The molecule has 0 aliphatic carbocycles. The van der Waals surface area contributed by atoms with Crippen molar-refractivity contribution < 1.29 is 14.3 Å². The number of benzene rings is 2. The summed E-state index contributed by atoms with van der Waals surface area (Å²) in [6.07, 6.45) is 7.55. The predicted molar refractivity (Wildman–Crippen MR) is 120 cm³/mol. The highest BCUT2D eigenvalue weighted by atomic mass is 16.5. The maximum atomic E-state index is 13.3. The summed E-state index contributed by atoms with van der Waals surface area (Å²) in [5.74, 6) is 0.955. The number of carbonyl (C=O) groups excluding carboxylic acids is 1. The minimum Gasteiger partial charge on any atom is -0.496 e. The molecule has 1 saturated heterocycles. The highest BCUT2D eigenvalue weighted by Crippen LogP contribution is 2.36. The third-order valence-corrected chi connectivity index (χ3v) is 6.03. The Hall–Kier alpha value is -3.12. The quantitative estimate of drug-likeness (QED) is 0.604. The van der Waals surface area contributed by atoms with Gasteiger partial charge in [0.15, 0.2) is 0 Å². The highest BCUT2D eigenvalue weighted by molar-refractivity contribution is 5.83. The Morgan fingerprint density at radius 2 is 2.03 bits per heavy atom. The average Bonchev–Trinajstić information content (AvgIpc) is 3.33. The van der Waals surface area contributed by atoms with Crippen LogP contribution in [0.5, 0.6) is 5.75 Å². The van der Waals surface area contributed by atoms with Crippen LogP contribution in [0.1, 0.15) is 18.4 Å². The van der Waals surface area contributed by atoms with Crippen molar-refractivity contribution in [2.75, 3.05) is 26.9 Å². The fraction of sp³-hybridized carbons (Fsp3) is 0.360. The predicted octanol–water partition coefficient (Wildman–Crippen LogP) is 3.71. The molecule has 1 fully saturated rings. The summed E-state index contributed by atoms with van der Waals surface area (Å²) in [6.45, 7) is 2.52. The smallest absolute Gasteiger partial charge is 0.226 e. The number of imidazole rings is 1. The number of hydrogen-bond donors (Lipinski definition) is 1. The lowest BCUT2D eigenvalue weighted by atomic mass is 9.74. The van der Waals surface area contributed by atoms with Crippen LogP contribution in [0.15, 0.2) is 67.3 Å².